The molecule has 120 valence electrons. The summed E-state index contributed by atoms with van der Waals surface area (Å²) in [5.41, 5.74) is -5.72. The third kappa shape index (κ3) is 2.78. The van der Waals surface area contributed by atoms with Crippen molar-refractivity contribution in [3.05, 3.63) is 35.9 Å². The van der Waals surface area contributed by atoms with Gasteiger partial charge in [-0.25, -0.2) is 8.78 Å². The van der Waals surface area contributed by atoms with Crippen molar-refractivity contribution in [3.8, 4) is 11.5 Å². The average molecular weight is 342 g/mol. The Labute approximate surface area is 121 Å². The summed E-state index contributed by atoms with van der Waals surface area (Å²) in [5.74, 6) is -4.02. The molecule has 0 bridgehead atoms. The topological polar surface area (TPSA) is 52.6 Å². The zero-order chi connectivity index (χ0) is 16.7. The van der Waals surface area contributed by atoms with Gasteiger partial charge in [-0.05, 0) is 17.5 Å². The number of ether oxygens (including phenoxy) is 1. The van der Waals surface area contributed by atoms with Crippen molar-refractivity contribution < 1.29 is 39.3 Å². The SMILES string of the molecule is COc1cc(OS(=O)(=O)C(F)(F)F)c2c(F)c(F)ccc2c1. The Hall–Kier alpha value is -2.10. The number of benzene rings is 2. The first-order valence-electron chi connectivity index (χ1n) is 5.53. The van der Waals surface area contributed by atoms with Gasteiger partial charge in [0.1, 0.15) is 5.75 Å². The quantitative estimate of drug-likeness (QED) is 0.488. The summed E-state index contributed by atoms with van der Waals surface area (Å²) in [6, 6.07) is 3.68. The van der Waals surface area contributed by atoms with Crippen molar-refractivity contribution in [3.63, 3.8) is 0 Å². The van der Waals surface area contributed by atoms with Gasteiger partial charge in [0, 0.05) is 6.07 Å². The number of fused-ring (bicyclic) bond motifs is 1. The normalized spacial score (nSPS) is 12.5. The van der Waals surface area contributed by atoms with Crippen LogP contribution in [0.1, 0.15) is 0 Å². The van der Waals surface area contributed by atoms with Gasteiger partial charge >= 0.3 is 15.6 Å². The van der Waals surface area contributed by atoms with E-state index in [2.05, 4.69) is 4.18 Å². The second-order valence-corrected chi connectivity index (χ2v) is 5.61. The van der Waals surface area contributed by atoms with E-state index in [1.165, 1.54) is 6.07 Å². The molecule has 0 fully saturated rings. The first-order valence-corrected chi connectivity index (χ1v) is 6.94. The van der Waals surface area contributed by atoms with Crippen LogP contribution in [0.3, 0.4) is 0 Å². The van der Waals surface area contributed by atoms with E-state index in [0.29, 0.717) is 6.07 Å². The van der Waals surface area contributed by atoms with Gasteiger partial charge in [0.15, 0.2) is 17.4 Å². The van der Waals surface area contributed by atoms with E-state index in [-0.39, 0.29) is 11.1 Å². The number of rotatable bonds is 3. The van der Waals surface area contributed by atoms with E-state index < -0.39 is 38.4 Å². The fraction of sp³-hybridized carbons (Fsp3) is 0.167. The van der Waals surface area contributed by atoms with Crippen LogP contribution in [-0.2, 0) is 10.1 Å². The molecule has 22 heavy (non-hydrogen) atoms. The molecule has 0 N–H and O–H groups in total. The number of halogens is 5. The molecule has 0 aliphatic heterocycles. The van der Waals surface area contributed by atoms with Crippen LogP contribution >= 0.6 is 0 Å². The van der Waals surface area contributed by atoms with Crippen molar-refractivity contribution in [2.24, 2.45) is 0 Å². The van der Waals surface area contributed by atoms with E-state index in [9.17, 15) is 30.4 Å². The molecule has 0 atom stereocenters. The summed E-state index contributed by atoms with van der Waals surface area (Å²) in [6.45, 7) is 0. The highest BCUT2D eigenvalue weighted by Crippen LogP contribution is 2.37. The van der Waals surface area contributed by atoms with Gasteiger partial charge in [-0.1, -0.05) is 6.07 Å². The molecule has 0 radical (unpaired) electrons. The predicted octanol–water partition coefficient (Wildman–Crippen LogP) is 3.36. The zero-order valence-electron chi connectivity index (χ0n) is 10.7. The number of hydrogen-bond acceptors (Lipinski definition) is 4. The summed E-state index contributed by atoms with van der Waals surface area (Å²) >= 11 is 0. The van der Waals surface area contributed by atoms with Crippen molar-refractivity contribution in [1.29, 1.82) is 0 Å². The Morgan fingerprint density at radius 1 is 1.09 bits per heavy atom. The lowest BCUT2D eigenvalue weighted by molar-refractivity contribution is -0.0499. The lowest BCUT2D eigenvalue weighted by atomic mass is 10.1. The fourth-order valence-corrected chi connectivity index (χ4v) is 2.14. The molecule has 2 aromatic rings. The molecule has 0 heterocycles. The van der Waals surface area contributed by atoms with E-state index in [1.54, 1.807) is 0 Å². The van der Waals surface area contributed by atoms with Crippen LogP contribution in [0.4, 0.5) is 22.0 Å². The summed E-state index contributed by atoms with van der Waals surface area (Å²) in [4.78, 5) is 0. The Balaban J connectivity index is 2.74. The van der Waals surface area contributed by atoms with Crippen LogP contribution < -0.4 is 8.92 Å². The molecule has 0 aliphatic carbocycles. The molecule has 2 aromatic carbocycles. The zero-order valence-corrected chi connectivity index (χ0v) is 11.6. The van der Waals surface area contributed by atoms with Crippen molar-refractivity contribution >= 4 is 20.9 Å². The first kappa shape index (κ1) is 16.3. The first-order chi connectivity index (χ1) is 10.1. The number of alkyl halides is 3. The van der Waals surface area contributed by atoms with Crippen molar-refractivity contribution in [2.75, 3.05) is 7.11 Å². The van der Waals surface area contributed by atoms with Crippen molar-refractivity contribution in [1.82, 2.24) is 0 Å². The van der Waals surface area contributed by atoms with Crippen LogP contribution in [0.25, 0.3) is 10.8 Å². The van der Waals surface area contributed by atoms with Gasteiger partial charge in [-0.3, -0.25) is 0 Å². The summed E-state index contributed by atoms with van der Waals surface area (Å²) in [7, 11) is -4.89. The van der Waals surface area contributed by atoms with Crippen LogP contribution in [0.2, 0.25) is 0 Å². The van der Waals surface area contributed by atoms with Gasteiger partial charge < -0.3 is 8.92 Å². The maximum absolute atomic E-state index is 13.8. The van der Waals surface area contributed by atoms with Gasteiger partial charge in [-0.2, -0.15) is 21.6 Å². The highest BCUT2D eigenvalue weighted by atomic mass is 32.2. The molecule has 4 nitrogen and oxygen atoms in total. The molecule has 0 spiro atoms. The average Bonchev–Trinajstić information content (AvgIpc) is 2.40. The molecule has 0 saturated carbocycles. The molecule has 0 aromatic heterocycles. The molecule has 0 saturated heterocycles. The summed E-state index contributed by atoms with van der Waals surface area (Å²) in [6.07, 6.45) is 0. The second-order valence-electron chi connectivity index (χ2n) is 4.07. The van der Waals surface area contributed by atoms with Crippen molar-refractivity contribution in [2.45, 2.75) is 5.51 Å². The maximum Gasteiger partial charge on any atom is 0.534 e. The van der Waals surface area contributed by atoms with Crippen LogP contribution in [0.5, 0.6) is 11.5 Å². The number of methoxy groups -OCH3 is 1. The fourth-order valence-electron chi connectivity index (χ4n) is 1.68. The van der Waals surface area contributed by atoms with Crippen LogP contribution in [-0.4, -0.2) is 21.0 Å². The Morgan fingerprint density at radius 2 is 1.73 bits per heavy atom. The van der Waals surface area contributed by atoms with Crippen LogP contribution in [0, 0.1) is 11.6 Å². The second kappa shape index (κ2) is 5.27. The molecule has 2 rings (SSSR count). The molecular formula is C12H7F5O4S. The summed E-state index contributed by atoms with van der Waals surface area (Å²) in [5, 5.41) is -0.834. The largest absolute Gasteiger partial charge is 0.534 e. The van der Waals surface area contributed by atoms with E-state index >= 15 is 0 Å². The third-order valence-electron chi connectivity index (χ3n) is 2.66. The van der Waals surface area contributed by atoms with Gasteiger partial charge in [0.25, 0.3) is 0 Å². The standard InChI is InChI=1S/C12H7F5O4S/c1-20-7-4-6-2-3-8(13)11(14)10(6)9(5-7)21-22(18,19)12(15,16)17/h2-5H,1H3. The monoisotopic (exact) mass is 342 g/mol. The highest BCUT2D eigenvalue weighted by Gasteiger charge is 2.48. The molecule has 10 heteroatoms. The van der Waals surface area contributed by atoms with Gasteiger partial charge in [0.2, 0.25) is 0 Å². The minimum atomic E-state index is -6.04. The Bertz CT molecular complexity index is 830. The van der Waals surface area contributed by atoms with Crippen LogP contribution in [0.15, 0.2) is 24.3 Å². The minimum absolute atomic E-state index is 0.0918. The summed E-state index contributed by atoms with van der Waals surface area (Å²) < 4.78 is 94.9. The van der Waals surface area contributed by atoms with Gasteiger partial charge in [-0.15, -0.1) is 0 Å². The Morgan fingerprint density at radius 3 is 2.27 bits per heavy atom. The highest BCUT2D eigenvalue weighted by molar-refractivity contribution is 7.88. The Kier molecular flexibility index (Phi) is 3.90. The lowest BCUT2D eigenvalue weighted by Crippen LogP contribution is -2.28. The maximum atomic E-state index is 13.8. The predicted molar refractivity (Wildman–Crippen MR) is 66.0 cm³/mol. The van der Waals surface area contributed by atoms with E-state index in [0.717, 1.165) is 19.2 Å². The lowest BCUT2D eigenvalue weighted by Gasteiger charge is -2.13. The van der Waals surface area contributed by atoms with Gasteiger partial charge in [0.05, 0.1) is 12.5 Å². The minimum Gasteiger partial charge on any atom is -0.497 e. The third-order valence-corrected chi connectivity index (χ3v) is 3.63. The molecule has 0 aliphatic rings. The molecule has 0 unspecified atom stereocenters. The molecular weight excluding hydrogens is 335 g/mol. The van der Waals surface area contributed by atoms with E-state index in [4.69, 9.17) is 4.74 Å². The van der Waals surface area contributed by atoms with E-state index in [1.807, 2.05) is 0 Å². The molecule has 0 amide bonds. The number of hydrogen-bond donors (Lipinski definition) is 0. The smallest absolute Gasteiger partial charge is 0.497 e.